The zero-order valence-corrected chi connectivity index (χ0v) is 12.5. The van der Waals surface area contributed by atoms with E-state index in [1.165, 1.54) is 0 Å². The predicted molar refractivity (Wildman–Crippen MR) is 70.1 cm³/mol. The second-order valence-corrected chi connectivity index (χ2v) is 4.71. The third-order valence-corrected chi connectivity index (χ3v) is 3.04. The Hall–Kier alpha value is -0.800. The van der Waals surface area contributed by atoms with Crippen LogP contribution >= 0.6 is 8.25 Å². The summed E-state index contributed by atoms with van der Waals surface area (Å²) in [7, 11) is -2.08. The molecule has 2 rings (SSSR count). The van der Waals surface area contributed by atoms with Crippen molar-refractivity contribution in [3.63, 3.8) is 0 Å². The van der Waals surface area contributed by atoms with Crippen LogP contribution in [0.3, 0.4) is 0 Å². The summed E-state index contributed by atoms with van der Waals surface area (Å²) >= 11 is 0. The van der Waals surface area contributed by atoms with Crippen molar-refractivity contribution in [2.75, 3.05) is 0 Å². The van der Waals surface area contributed by atoms with Crippen LogP contribution in [-0.2, 0) is 49.2 Å². The molecule has 0 aliphatic heterocycles. The van der Waals surface area contributed by atoms with Gasteiger partial charge in [-0.25, -0.2) is 0 Å². The van der Waals surface area contributed by atoms with Crippen LogP contribution in [0.2, 0.25) is 0 Å². The first-order valence-electron chi connectivity index (χ1n) is 5.65. The smallest absolute Gasteiger partial charge is 0.114 e. The van der Waals surface area contributed by atoms with Gasteiger partial charge in [0.1, 0.15) is 13.2 Å². The zero-order chi connectivity index (χ0) is 12.6. The standard InChI is InChI=1S/C14H14O3P.Ag/c15-18(16-11-13-7-3-1-4-8-13)17-12-14-9-5-2-6-10-14;/h1-10H,11-12H2;/q+1;. The van der Waals surface area contributed by atoms with Gasteiger partial charge in [0, 0.05) is 26.9 Å². The van der Waals surface area contributed by atoms with Gasteiger partial charge in [0.05, 0.1) is 0 Å². The molecule has 0 atom stereocenters. The van der Waals surface area contributed by atoms with Gasteiger partial charge in [-0.1, -0.05) is 60.7 Å². The molecule has 0 fully saturated rings. The summed E-state index contributed by atoms with van der Waals surface area (Å²) < 4.78 is 21.8. The van der Waals surface area contributed by atoms with Crippen molar-refractivity contribution < 1.29 is 36.0 Å². The van der Waals surface area contributed by atoms with Crippen molar-refractivity contribution in [1.82, 2.24) is 0 Å². The minimum Gasteiger partial charge on any atom is -0.114 e. The van der Waals surface area contributed by atoms with Crippen LogP contribution in [0.5, 0.6) is 0 Å². The van der Waals surface area contributed by atoms with Crippen LogP contribution in [0, 0.1) is 0 Å². The minimum atomic E-state index is -2.08. The molecule has 0 N–H and O–H groups in total. The molecule has 2 aromatic carbocycles. The molecule has 5 heteroatoms. The van der Waals surface area contributed by atoms with Crippen LogP contribution in [-0.4, -0.2) is 0 Å². The first-order valence-corrected chi connectivity index (χ1v) is 6.75. The number of rotatable bonds is 6. The maximum Gasteiger partial charge on any atom is 0.698 e. The van der Waals surface area contributed by atoms with Crippen molar-refractivity contribution in [2.24, 2.45) is 0 Å². The van der Waals surface area contributed by atoms with Crippen molar-refractivity contribution in [3.8, 4) is 0 Å². The monoisotopic (exact) mass is 368 g/mol. The average Bonchev–Trinajstić information content (AvgIpc) is 2.45. The van der Waals surface area contributed by atoms with Gasteiger partial charge in [0.25, 0.3) is 0 Å². The Morgan fingerprint density at radius 1 is 0.737 bits per heavy atom. The van der Waals surface area contributed by atoms with E-state index in [-0.39, 0.29) is 22.4 Å². The summed E-state index contributed by atoms with van der Waals surface area (Å²) in [6.07, 6.45) is 0. The molecular weight excluding hydrogens is 355 g/mol. The molecule has 2 aromatic rings. The zero-order valence-electron chi connectivity index (χ0n) is 10.2. The quantitative estimate of drug-likeness (QED) is 0.569. The van der Waals surface area contributed by atoms with Crippen molar-refractivity contribution in [2.45, 2.75) is 13.2 Å². The third-order valence-electron chi connectivity index (χ3n) is 2.36. The first kappa shape index (κ1) is 16.3. The van der Waals surface area contributed by atoms with Crippen LogP contribution in [0.1, 0.15) is 11.1 Å². The molecule has 0 spiro atoms. The van der Waals surface area contributed by atoms with E-state index in [9.17, 15) is 4.57 Å². The molecule has 0 saturated carbocycles. The summed E-state index contributed by atoms with van der Waals surface area (Å²) in [5, 5.41) is 0. The van der Waals surface area contributed by atoms with E-state index in [1.54, 1.807) is 0 Å². The topological polar surface area (TPSA) is 35.5 Å². The van der Waals surface area contributed by atoms with Crippen molar-refractivity contribution >= 4 is 8.25 Å². The normalized spacial score (nSPS) is 9.68. The molecular formula is C14H14AgO3P+. The maximum atomic E-state index is 11.5. The Kier molecular flexibility index (Phi) is 7.84. The average molecular weight is 369 g/mol. The van der Waals surface area contributed by atoms with E-state index in [1.807, 2.05) is 60.7 Å². The molecule has 0 heterocycles. The fourth-order valence-corrected chi connectivity index (χ4v) is 2.02. The summed E-state index contributed by atoms with van der Waals surface area (Å²) in [4.78, 5) is 0. The van der Waals surface area contributed by atoms with Crippen molar-refractivity contribution in [1.29, 1.82) is 0 Å². The molecule has 19 heavy (non-hydrogen) atoms. The Labute approximate surface area is 129 Å². The van der Waals surface area contributed by atoms with E-state index in [2.05, 4.69) is 0 Å². The SMILES string of the molecule is O=[P+](OCc1ccccc1)OCc1ccccc1.[Ag]. The van der Waals surface area contributed by atoms with Gasteiger partial charge in [0.15, 0.2) is 0 Å². The number of hydrogen-bond donors (Lipinski definition) is 0. The molecule has 103 valence electrons. The van der Waals surface area contributed by atoms with Gasteiger partial charge < -0.3 is 0 Å². The largest absolute Gasteiger partial charge is 0.698 e. The van der Waals surface area contributed by atoms with Crippen LogP contribution < -0.4 is 0 Å². The predicted octanol–water partition coefficient (Wildman–Crippen LogP) is 4.07. The van der Waals surface area contributed by atoms with Crippen LogP contribution in [0.4, 0.5) is 0 Å². The molecule has 0 aliphatic rings. The fourth-order valence-electron chi connectivity index (χ4n) is 1.44. The van der Waals surface area contributed by atoms with Gasteiger partial charge in [0.2, 0.25) is 0 Å². The molecule has 3 nitrogen and oxygen atoms in total. The van der Waals surface area contributed by atoms with E-state index >= 15 is 0 Å². The van der Waals surface area contributed by atoms with Crippen LogP contribution in [0.25, 0.3) is 0 Å². The van der Waals surface area contributed by atoms with E-state index in [4.69, 9.17) is 9.05 Å². The second kappa shape index (κ2) is 9.16. The number of hydrogen-bond acceptors (Lipinski definition) is 3. The molecule has 0 saturated heterocycles. The Bertz CT molecular complexity index is 445. The summed E-state index contributed by atoms with van der Waals surface area (Å²) in [5.74, 6) is 0. The minimum absolute atomic E-state index is 0. The molecule has 0 amide bonds. The molecule has 0 aliphatic carbocycles. The summed E-state index contributed by atoms with van der Waals surface area (Å²) in [6, 6.07) is 19.2. The van der Waals surface area contributed by atoms with Gasteiger partial charge in [-0.2, -0.15) is 0 Å². The Morgan fingerprint density at radius 2 is 1.11 bits per heavy atom. The van der Waals surface area contributed by atoms with Gasteiger partial charge in [-0.05, 0) is 11.1 Å². The van der Waals surface area contributed by atoms with Gasteiger partial charge >= 0.3 is 8.25 Å². The third kappa shape index (κ3) is 6.26. The maximum absolute atomic E-state index is 11.5. The summed E-state index contributed by atoms with van der Waals surface area (Å²) in [5.41, 5.74) is 1.95. The van der Waals surface area contributed by atoms with Crippen molar-refractivity contribution in [3.05, 3.63) is 71.8 Å². The number of benzene rings is 2. The Balaban J connectivity index is 0.00000180. The molecule has 1 radical (unpaired) electrons. The van der Waals surface area contributed by atoms with E-state index < -0.39 is 8.25 Å². The van der Waals surface area contributed by atoms with Crippen LogP contribution in [0.15, 0.2) is 60.7 Å². The van der Waals surface area contributed by atoms with Gasteiger partial charge in [-0.3, -0.25) is 0 Å². The van der Waals surface area contributed by atoms with E-state index in [0.29, 0.717) is 13.2 Å². The van der Waals surface area contributed by atoms with Gasteiger partial charge in [-0.15, -0.1) is 9.05 Å². The Morgan fingerprint density at radius 3 is 1.47 bits per heavy atom. The molecule has 0 aromatic heterocycles. The second-order valence-electron chi connectivity index (χ2n) is 3.74. The van der Waals surface area contributed by atoms with E-state index in [0.717, 1.165) is 11.1 Å². The molecule has 0 unspecified atom stereocenters. The fraction of sp³-hybridized carbons (Fsp3) is 0.143. The summed E-state index contributed by atoms with van der Waals surface area (Å²) in [6.45, 7) is 0.593. The first-order chi connectivity index (χ1) is 8.84. The molecule has 0 bridgehead atoms.